The first-order valence-electron chi connectivity index (χ1n) is 7.21. The molecule has 0 aromatic heterocycles. The number of hydrogen-bond acceptors (Lipinski definition) is 4. The zero-order valence-corrected chi connectivity index (χ0v) is 13.4. The molecular weight excluding hydrogens is 308 g/mol. The van der Waals surface area contributed by atoms with Crippen LogP contribution in [-0.4, -0.2) is 60.9 Å². The summed E-state index contributed by atoms with van der Waals surface area (Å²) in [6.45, 7) is 5.20. The maximum absolute atomic E-state index is 12.1. The third-order valence-corrected chi connectivity index (χ3v) is 5.39. The Labute approximate surface area is 134 Å². The molecule has 0 aliphatic carbocycles. The van der Waals surface area contributed by atoms with Crippen LogP contribution < -0.4 is 0 Å². The summed E-state index contributed by atoms with van der Waals surface area (Å²) in [6, 6.07) is 7.81. The standard InChI is InChI=1S/C15H19ClN2O2S/c16-13-3-1-12(2-4-13)15-18(14(19)11-21-15)6-5-17-7-9-20-10-8-17/h1-4,15H,5-11H2/t15-/m0/s1. The highest BCUT2D eigenvalue weighted by Crippen LogP contribution is 2.38. The van der Waals surface area contributed by atoms with E-state index in [0.717, 1.165) is 50.0 Å². The SMILES string of the molecule is O=C1CS[C@@H](c2ccc(Cl)cc2)N1CCN1CCOCC1. The van der Waals surface area contributed by atoms with Crippen LogP contribution in [0.4, 0.5) is 0 Å². The monoisotopic (exact) mass is 326 g/mol. The molecule has 4 nitrogen and oxygen atoms in total. The van der Waals surface area contributed by atoms with Crippen LogP contribution in [0.5, 0.6) is 0 Å². The van der Waals surface area contributed by atoms with Gasteiger partial charge in [0, 0.05) is 31.2 Å². The van der Waals surface area contributed by atoms with E-state index < -0.39 is 0 Å². The second-order valence-corrected chi connectivity index (χ2v) is 6.76. The van der Waals surface area contributed by atoms with Gasteiger partial charge in [-0.3, -0.25) is 9.69 Å². The summed E-state index contributed by atoms with van der Waals surface area (Å²) in [5.41, 5.74) is 1.15. The molecule has 114 valence electrons. The first-order chi connectivity index (χ1) is 10.2. The third-order valence-electron chi connectivity index (χ3n) is 3.88. The lowest BCUT2D eigenvalue weighted by Crippen LogP contribution is -2.42. The largest absolute Gasteiger partial charge is 0.379 e. The van der Waals surface area contributed by atoms with Gasteiger partial charge in [0.15, 0.2) is 0 Å². The lowest BCUT2D eigenvalue weighted by Gasteiger charge is -2.30. The van der Waals surface area contributed by atoms with Gasteiger partial charge in [-0.25, -0.2) is 0 Å². The van der Waals surface area contributed by atoms with E-state index in [0.29, 0.717) is 5.75 Å². The molecule has 1 amide bonds. The molecular formula is C15H19ClN2O2S. The lowest BCUT2D eigenvalue weighted by molar-refractivity contribution is -0.128. The molecule has 0 unspecified atom stereocenters. The van der Waals surface area contributed by atoms with Crippen LogP contribution in [0.25, 0.3) is 0 Å². The van der Waals surface area contributed by atoms with E-state index in [-0.39, 0.29) is 11.3 Å². The average Bonchev–Trinajstić information content (AvgIpc) is 2.88. The molecule has 2 heterocycles. The summed E-state index contributed by atoms with van der Waals surface area (Å²) in [4.78, 5) is 16.5. The number of carbonyl (C=O) groups excluding carboxylic acids is 1. The fraction of sp³-hybridized carbons (Fsp3) is 0.533. The number of ether oxygens (including phenoxy) is 1. The molecule has 0 saturated carbocycles. The van der Waals surface area contributed by atoms with Gasteiger partial charge in [0.2, 0.25) is 5.91 Å². The maximum Gasteiger partial charge on any atom is 0.233 e. The zero-order valence-electron chi connectivity index (χ0n) is 11.8. The molecule has 0 radical (unpaired) electrons. The number of amides is 1. The minimum absolute atomic E-state index is 0.121. The molecule has 2 aliphatic rings. The van der Waals surface area contributed by atoms with Crippen LogP contribution in [0.15, 0.2) is 24.3 Å². The highest BCUT2D eigenvalue weighted by atomic mass is 35.5. The van der Waals surface area contributed by atoms with E-state index in [4.69, 9.17) is 16.3 Å². The second kappa shape index (κ2) is 7.01. The van der Waals surface area contributed by atoms with Crippen molar-refractivity contribution < 1.29 is 9.53 Å². The highest BCUT2D eigenvalue weighted by Gasteiger charge is 2.32. The first kappa shape index (κ1) is 15.2. The molecule has 1 atom stereocenters. The predicted octanol–water partition coefficient (Wildman–Crippen LogP) is 2.25. The molecule has 2 saturated heterocycles. The quantitative estimate of drug-likeness (QED) is 0.849. The minimum atomic E-state index is 0.121. The van der Waals surface area contributed by atoms with Crippen molar-refractivity contribution in [2.75, 3.05) is 45.1 Å². The first-order valence-corrected chi connectivity index (χ1v) is 8.63. The Hall–Kier alpha value is -0.750. The summed E-state index contributed by atoms with van der Waals surface area (Å²) < 4.78 is 5.36. The Morgan fingerprint density at radius 3 is 2.62 bits per heavy atom. The van der Waals surface area contributed by atoms with Crippen molar-refractivity contribution in [2.45, 2.75) is 5.37 Å². The van der Waals surface area contributed by atoms with Crippen molar-refractivity contribution in [3.63, 3.8) is 0 Å². The smallest absolute Gasteiger partial charge is 0.233 e. The average molecular weight is 327 g/mol. The van der Waals surface area contributed by atoms with Gasteiger partial charge in [0.1, 0.15) is 5.37 Å². The maximum atomic E-state index is 12.1. The Morgan fingerprint density at radius 1 is 1.19 bits per heavy atom. The molecule has 1 aromatic rings. The molecule has 3 rings (SSSR count). The van der Waals surface area contributed by atoms with E-state index in [9.17, 15) is 4.79 Å². The van der Waals surface area contributed by atoms with Gasteiger partial charge in [-0.1, -0.05) is 23.7 Å². The fourth-order valence-electron chi connectivity index (χ4n) is 2.67. The van der Waals surface area contributed by atoms with Gasteiger partial charge >= 0.3 is 0 Å². The van der Waals surface area contributed by atoms with Crippen molar-refractivity contribution in [1.82, 2.24) is 9.80 Å². The van der Waals surface area contributed by atoms with Crippen molar-refractivity contribution in [3.05, 3.63) is 34.9 Å². The van der Waals surface area contributed by atoms with Crippen LogP contribution in [0.3, 0.4) is 0 Å². The number of hydrogen-bond donors (Lipinski definition) is 0. The van der Waals surface area contributed by atoms with Gasteiger partial charge in [0.25, 0.3) is 0 Å². The Kier molecular flexibility index (Phi) is 5.06. The number of benzene rings is 1. The van der Waals surface area contributed by atoms with E-state index in [1.807, 2.05) is 29.2 Å². The van der Waals surface area contributed by atoms with Gasteiger partial charge in [-0.05, 0) is 17.7 Å². The van der Waals surface area contributed by atoms with E-state index in [1.54, 1.807) is 11.8 Å². The molecule has 1 aromatic carbocycles. The third kappa shape index (κ3) is 3.72. The number of nitrogens with zero attached hydrogens (tertiary/aromatic N) is 2. The van der Waals surface area contributed by atoms with Crippen LogP contribution >= 0.6 is 23.4 Å². The summed E-state index contributed by atoms with van der Waals surface area (Å²) in [7, 11) is 0. The van der Waals surface area contributed by atoms with Crippen LogP contribution in [0.1, 0.15) is 10.9 Å². The Bertz CT molecular complexity index is 491. The van der Waals surface area contributed by atoms with Gasteiger partial charge in [0.05, 0.1) is 19.0 Å². The number of morpholine rings is 1. The minimum Gasteiger partial charge on any atom is -0.379 e. The number of carbonyl (C=O) groups is 1. The van der Waals surface area contributed by atoms with Crippen LogP contribution in [0.2, 0.25) is 5.02 Å². The van der Waals surface area contributed by atoms with Crippen molar-refractivity contribution in [3.8, 4) is 0 Å². The summed E-state index contributed by atoms with van der Waals surface area (Å²) in [5, 5.41) is 0.851. The fourth-order valence-corrected chi connectivity index (χ4v) is 4.02. The molecule has 21 heavy (non-hydrogen) atoms. The predicted molar refractivity (Wildman–Crippen MR) is 85.6 cm³/mol. The highest BCUT2D eigenvalue weighted by molar-refractivity contribution is 8.00. The summed E-state index contributed by atoms with van der Waals surface area (Å²) in [6.07, 6.45) is 0. The molecule has 6 heteroatoms. The van der Waals surface area contributed by atoms with E-state index in [1.165, 1.54) is 0 Å². The summed E-state index contributed by atoms with van der Waals surface area (Å²) in [5.74, 6) is 0.796. The van der Waals surface area contributed by atoms with Crippen molar-refractivity contribution in [2.24, 2.45) is 0 Å². The van der Waals surface area contributed by atoms with Gasteiger partial charge < -0.3 is 9.64 Å². The molecule has 0 N–H and O–H groups in total. The van der Waals surface area contributed by atoms with Crippen LogP contribution in [0, 0.1) is 0 Å². The number of halogens is 1. The topological polar surface area (TPSA) is 32.8 Å². The molecule has 0 bridgehead atoms. The second-order valence-electron chi connectivity index (χ2n) is 5.26. The van der Waals surface area contributed by atoms with Gasteiger partial charge in [-0.15, -0.1) is 11.8 Å². The Morgan fingerprint density at radius 2 is 1.90 bits per heavy atom. The van der Waals surface area contributed by atoms with Crippen molar-refractivity contribution in [1.29, 1.82) is 0 Å². The molecule has 2 fully saturated rings. The van der Waals surface area contributed by atoms with Gasteiger partial charge in [-0.2, -0.15) is 0 Å². The zero-order chi connectivity index (χ0) is 14.7. The number of thioether (sulfide) groups is 1. The molecule has 0 spiro atoms. The number of rotatable bonds is 4. The van der Waals surface area contributed by atoms with Crippen LogP contribution in [-0.2, 0) is 9.53 Å². The lowest BCUT2D eigenvalue weighted by atomic mass is 10.2. The van der Waals surface area contributed by atoms with E-state index in [2.05, 4.69) is 4.90 Å². The Balaban J connectivity index is 1.63. The molecule has 2 aliphatic heterocycles. The van der Waals surface area contributed by atoms with Crippen molar-refractivity contribution >= 4 is 29.3 Å². The summed E-state index contributed by atoms with van der Waals surface area (Å²) >= 11 is 7.63. The van der Waals surface area contributed by atoms with E-state index >= 15 is 0 Å². The normalized spacial score (nSPS) is 23.8.